The molecule has 27 heavy (non-hydrogen) atoms. The first-order valence-corrected chi connectivity index (χ1v) is 13.1. The van der Waals surface area contributed by atoms with E-state index in [1.54, 1.807) is 0 Å². The fourth-order valence-electron chi connectivity index (χ4n) is 3.66. The predicted octanol–water partition coefficient (Wildman–Crippen LogP) is 7.31. The van der Waals surface area contributed by atoms with Gasteiger partial charge in [0, 0.05) is 5.75 Å². The number of nitrogens with zero attached hydrogens (tertiary/aromatic N) is 2. The van der Waals surface area contributed by atoms with Gasteiger partial charge in [0.15, 0.2) is 0 Å². The van der Waals surface area contributed by atoms with Crippen LogP contribution in [0.5, 0.6) is 0 Å². The molecular weight excluding hydrogens is 348 g/mol. The Kier molecular flexibility index (Phi) is 17.2. The zero-order chi connectivity index (χ0) is 19.4. The summed E-state index contributed by atoms with van der Waals surface area (Å²) in [5, 5.41) is 0. The average Bonchev–Trinajstić information content (AvgIpc) is 3.09. The number of imidazole rings is 1. The molecule has 1 rings (SSSR count). The number of rotatable bonds is 20. The highest BCUT2D eigenvalue weighted by Crippen LogP contribution is 2.14. The Morgan fingerprint density at radius 2 is 1.15 bits per heavy atom. The fraction of sp³-hybridized carbons (Fsp3) is 0.875. The molecule has 0 N–H and O–H groups in total. The molecule has 1 aromatic rings. The number of aryl methyl sites for hydroxylation is 2. The van der Waals surface area contributed by atoms with Crippen molar-refractivity contribution in [3.05, 3.63) is 18.7 Å². The average molecular weight is 396 g/mol. The van der Waals surface area contributed by atoms with Gasteiger partial charge in [0.1, 0.15) is 12.4 Å². The minimum Gasteiger partial charge on any atom is -0.240 e. The molecule has 0 aliphatic rings. The molecule has 1 aromatic heterocycles. The van der Waals surface area contributed by atoms with E-state index in [1.165, 1.54) is 114 Å². The van der Waals surface area contributed by atoms with Gasteiger partial charge in [-0.05, 0) is 12.2 Å². The van der Waals surface area contributed by atoms with Gasteiger partial charge in [-0.15, -0.1) is 0 Å². The fourth-order valence-corrected chi connectivity index (χ4v) is 4.61. The second kappa shape index (κ2) is 18.9. The van der Waals surface area contributed by atoms with Crippen LogP contribution in [0.4, 0.5) is 0 Å². The van der Waals surface area contributed by atoms with E-state index >= 15 is 0 Å². The van der Waals surface area contributed by atoms with E-state index in [9.17, 15) is 0 Å². The molecule has 0 aliphatic heterocycles. The summed E-state index contributed by atoms with van der Waals surface area (Å²) in [7, 11) is 2.08. The number of aromatic nitrogens is 2. The molecule has 0 radical (unpaired) electrons. The molecule has 3 heteroatoms. The van der Waals surface area contributed by atoms with Crippen LogP contribution in [0.1, 0.15) is 110 Å². The lowest BCUT2D eigenvalue weighted by atomic mass is 10.0. The van der Waals surface area contributed by atoms with Gasteiger partial charge in [-0.25, -0.2) is 9.13 Å². The first kappa shape index (κ1) is 24.6. The molecule has 0 saturated heterocycles. The Morgan fingerprint density at radius 1 is 0.667 bits per heavy atom. The van der Waals surface area contributed by atoms with Crippen LogP contribution >= 0.6 is 11.8 Å². The van der Waals surface area contributed by atoms with Crippen molar-refractivity contribution < 1.29 is 4.57 Å². The third-order valence-electron chi connectivity index (χ3n) is 5.46. The monoisotopic (exact) mass is 395 g/mol. The second-order valence-corrected chi connectivity index (χ2v) is 9.46. The van der Waals surface area contributed by atoms with Crippen molar-refractivity contribution in [2.45, 2.75) is 116 Å². The third-order valence-corrected chi connectivity index (χ3v) is 6.51. The molecule has 158 valence electrons. The largest absolute Gasteiger partial charge is 0.243 e. The number of hydrogen-bond acceptors (Lipinski definition) is 1. The van der Waals surface area contributed by atoms with Crippen LogP contribution in [0.25, 0.3) is 0 Å². The van der Waals surface area contributed by atoms with Gasteiger partial charge in [0.25, 0.3) is 0 Å². The van der Waals surface area contributed by atoms with E-state index in [0.717, 1.165) is 6.54 Å². The molecule has 0 aromatic carbocycles. The molecular formula is C24H47N2S+. The first-order chi connectivity index (χ1) is 13.3. The summed E-state index contributed by atoms with van der Waals surface area (Å²) in [5.74, 6) is 2.58. The van der Waals surface area contributed by atoms with E-state index in [1.807, 2.05) is 0 Å². The zero-order valence-electron chi connectivity index (χ0n) is 18.5. The van der Waals surface area contributed by atoms with Crippen molar-refractivity contribution in [1.29, 1.82) is 0 Å². The second-order valence-electron chi connectivity index (χ2n) is 8.23. The van der Waals surface area contributed by atoms with E-state index in [-0.39, 0.29) is 0 Å². The summed E-state index contributed by atoms with van der Waals surface area (Å²) in [5.41, 5.74) is 0. The highest BCUT2D eigenvalue weighted by atomic mass is 32.2. The summed E-state index contributed by atoms with van der Waals surface area (Å²) in [6.45, 7) is 3.44. The lowest BCUT2D eigenvalue weighted by molar-refractivity contribution is -0.671. The lowest BCUT2D eigenvalue weighted by Gasteiger charge is -2.04. The topological polar surface area (TPSA) is 8.81 Å². The zero-order valence-corrected chi connectivity index (χ0v) is 19.3. The Bertz CT molecular complexity index is 416. The van der Waals surface area contributed by atoms with E-state index in [2.05, 4.69) is 53.6 Å². The maximum absolute atomic E-state index is 2.30. The summed E-state index contributed by atoms with van der Waals surface area (Å²) in [6.07, 6.45) is 29.7. The lowest BCUT2D eigenvalue weighted by Crippen LogP contribution is -2.23. The quantitative estimate of drug-likeness (QED) is 0.166. The SMILES string of the molecule is CCCCCCCCCCCCCCCCCCSCCn1cc[n+](C)c1. The van der Waals surface area contributed by atoms with Crippen LogP contribution in [0.15, 0.2) is 18.7 Å². The van der Waals surface area contributed by atoms with Crippen molar-refractivity contribution in [2.24, 2.45) is 7.05 Å². The molecule has 0 aliphatic carbocycles. The molecule has 0 fully saturated rings. The third kappa shape index (κ3) is 16.2. The van der Waals surface area contributed by atoms with Crippen LogP contribution in [0, 0.1) is 0 Å². The minimum atomic E-state index is 1.14. The molecule has 0 atom stereocenters. The Labute approximate surface area is 174 Å². The van der Waals surface area contributed by atoms with Crippen LogP contribution in [0.3, 0.4) is 0 Å². The van der Waals surface area contributed by atoms with Crippen molar-refractivity contribution in [2.75, 3.05) is 11.5 Å². The summed E-state index contributed by atoms with van der Waals surface area (Å²) < 4.78 is 4.39. The standard InChI is InChI=1S/C24H47N2S/c1-3-4-5-6-7-8-9-10-11-12-13-14-15-16-17-18-22-27-23-21-26-20-19-25(2)24-26/h19-20,24H,3-18,21-23H2,1-2H3/q+1. The predicted molar refractivity (Wildman–Crippen MR) is 122 cm³/mol. The molecule has 0 unspecified atom stereocenters. The number of unbranched alkanes of at least 4 members (excludes halogenated alkanes) is 15. The Hall–Kier alpha value is -0.440. The number of hydrogen-bond donors (Lipinski definition) is 0. The van der Waals surface area contributed by atoms with E-state index < -0.39 is 0 Å². The summed E-state index contributed by atoms with van der Waals surface area (Å²) in [4.78, 5) is 0. The molecule has 2 nitrogen and oxygen atoms in total. The highest BCUT2D eigenvalue weighted by Gasteiger charge is 1.99. The Balaban J connectivity index is 1.67. The molecule has 0 spiro atoms. The van der Waals surface area contributed by atoms with Crippen molar-refractivity contribution >= 4 is 11.8 Å². The maximum Gasteiger partial charge on any atom is 0.243 e. The van der Waals surface area contributed by atoms with Gasteiger partial charge >= 0.3 is 0 Å². The maximum atomic E-state index is 2.30. The molecule has 0 bridgehead atoms. The highest BCUT2D eigenvalue weighted by molar-refractivity contribution is 7.99. The van der Waals surface area contributed by atoms with E-state index in [4.69, 9.17) is 0 Å². The van der Waals surface area contributed by atoms with Crippen molar-refractivity contribution in [3.63, 3.8) is 0 Å². The molecule has 1 heterocycles. The van der Waals surface area contributed by atoms with Gasteiger partial charge in [0.2, 0.25) is 6.33 Å². The first-order valence-electron chi connectivity index (χ1n) is 11.9. The van der Waals surface area contributed by atoms with Crippen LogP contribution in [-0.2, 0) is 13.6 Å². The van der Waals surface area contributed by atoms with Crippen LogP contribution in [-0.4, -0.2) is 16.1 Å². The van der Waals surface area contributed by atoms with Crippen molar-refractivity contribution in [1.82, 2.24) is 4.57 Å². The summed E-state index contributed by atoms with van der Waals surface area (Å²) >= 11 is 2.11. The van der Waals surface area contributed by atoms with Gasteiger partial charge in [-0.1, -0.05) is 103 Å². The van der Waals surface area contributed by atoms with Crippen LogP contribution in [0.2, 0.25) is 0 Å². The minimum absolute atomic E-state index is 1.14. The van der Waals surface area contributed by atoms with Gasteiger partial charge in [-0.2, -0.15) is 11.8 Å². The van der Waals surface area contributed by atoms with Gasteiger partial charge in [0.05, 0.1) is 13.6 Å². The normalized spacial score (nSPS) is 11.3. The number of thioether (sulfide) groups is 1. The summed E-state index contributed by atoms with van der Waals surface area (Å²) in [6, 6.07) is 0. The molecule has 0 amide bonds. The van der Waals surface area contributed by atoms with E-state index in [0.29, 0.717) is 0 Å². The van der Waals surface area contributed by atoms with Crippen molar-refractivity contribution in [3.8, 4) is 0 Å². The van der Waals surface area contributed by atoms with Gasteiger partial charge < -0.3 is 0 Å². The van der Waals surface area contributed by atoms with Gasteiger partial charge in [-0.3, -0.25) is 0 Å². The Morgan fingerprint density at radius 3 is 1.59 bits per heavy atom. The molecule has 0 saturated carbocycles. The smallest absolute Gasteiger partial charge is 0.240 e. The van der Waals surface area contributed by atoms with Crippen LogP contribution < -0.4 is 4.57 Å².